The molecule has 0 aliphatic heterocycles. The number of hydrogen-bond acceptors (Lipinski definition) is 6. The highest BCUT2D eigenvalue weighted by Gasteiger charge is 2.25. The molecule has 0 amide bonds. The zero-order chi connectivity index (χ0) is 18.6. The highest BCUT2D eigenvalue weighted by molar-refractivity contribution is 5.66. The average molecular weight is 365 g/mol. The third-order valence-electron chi connectivity index (χ3n) is 4.89. The molecule has 2 heterocycles. The molecular weight excluding hydrogens is 345 g/mol. The van der Waals surface area contributed by atoms with Crippen LogP contribution in [0.15, 0.2) is 43.0 Å². The highest BCUT2D eigenvalue weighted by atomic mass is 19.1. The number of anilines is 1. The molecule has 1 saturated carbocycles. The summed E-state index contributed by atoms with van der Waals surface area (Å²) in [7, 11) is 0. The second-order valence-electron chi connectivity index (χ2n) is 6.64. The van der Waals surface area contributed by atoms with Crippen molar-refractivity contribution in [2.75, 3.05) is 5.73 Å². The molecule has 6 nitrogen and oxygen atoms in total. The fourth-order valence-corrected chi connectivity index (χ4v) is 3.54. The topological polar surface area (TPSA) is 86.8 Å². The molecule has 1 aromatic carbocycles. The molecule has 0 bridgehead atoms. The summed E-state index contributed by atoms with van der Waals surface area (Å²) in [6, 6.07) is 5.50. The van der Waals surface area contributed by atoms with E-state index in [0.717, 1.165) is 31.2 Å². The van der Waals surface area contributed by atoms with E-state index >= 15 is 4.39 Å². The van der Waals surface area contributed by atoms with Gasteiger partial charge in [-0.2, -0.15) is 0 Å². The van der Waals surface area contributed by atoms with Crippen LogP contribution in [-0.4, -0.2) is 19.9 Å². The van der Waals surface area contributed by atoms with Crippen LogP contribution in [-0.2, 0) is 0 Å². The number of halogens is 1. The summed E-state index contributed by atoms with van der Waals surface area (Å²) in [5.74, 6) is 0.136. The Morgan fingerprint density at radius 3 is 2.37 bits per heavy atom. The lowest BCUT2D eigenvalue weighted by Crippen LogP contribution is -2.08. The van der Waals surface area contributed by atoms with Crippen molar-refractivity contribution in [3.8, 4) is 22.9 Å². The van der Waals surface area contributed by atoms with Crippen LogP contribution in [0.4, 0.5) is 10.3 Å². The quantitative estimate of drug-likeness (QED) is 0.733. The summed E-state index contributed by atoms with van der Waals surface area (Å²) >= 11 is 0. The van der Waals surface area contributed by atoms with E-state index in [1.165, 1.54) is 18.8 Å². The van der Waals surface area contributed by atoms with Crippen LogP contribution in [0.25, 0.3) is 11.1 Å². The average Bonchev–Trinajstić information content (AvgIpc) is 2.72. The molecule has 7 heteroatoms. The van der Waals surface area contributed by atoms with E-state index in [0.29, 0.717) is 11.1 Å². The van der Waals surface area contributed by atoms with Crippen LogP contribution in [0.2, 0.25) is 0 Å². The fourth-order valence-electron chi connectivity index (χ4n) is 3.54. The molecule has 3 aromatic rings. The minimum absolute atomic E-state index is 0.124. The minimum Gasteiger partial charge on any atom is -0.421 e. The first-order valence-corrected chi connectivity index (χ1v) is 9.07. The molecule has 2 N–H and O–H groups in total. The van der Waals surface area contributed by atoms with Crippen LogP contribution in [0.1, 0.15) is 43.6 Å². The van der Waals surface area contributed by atoms with Crippen molar-refractivity contribution >= 4 is 5.95 Å². The maximum Gasteiger partial charge on any atom is 0.321 e. The lowest BCUT2D eigenvalue weighted by Gasteiger charge is -2.24. The summed E-state index contributed by atoms with van der Waals surface area (Å²) < 4.78 is 21.3. The molecule has 0 spiro atoms. The van der Waals surface area contributed by atoms with E-state index in [-0.39, 0.29) is 23.6 Å². The van der Waals surface area contributed by atoms with Gasteiger partial charge in [0.2, 0.25) is 5.95 Å². The summed E-state index contributed by atoms with van der Waals surface area (Å²) in [5.41, 5.74) is 7.30. The number of nitrogens with two attached hydrogens (primary N) is 1. The van der Waals surface area contributed by atoms with E-state index in [9.17, 15) is 0 Å². The van der Waals surface area contributed by atoms with E-state index in [1.54, 1.807) is 24.5 Å². The van der Waals surface area contributed by atoms with E-state index in [4.69, 9.17) is 10.5 Å². The molecule has 0 radical (unpaired) electrons. The number of benzene rings is 1. The van der Waals surface area contributed by atoms with Gasteiger partial charge in [0.15, 0.2) is 11.6 Å². The third kappa shape index (κ3) is 3.72. The molecule has 1 aliphatic carbocycles. The molecular formula is C20H20FN5O. The Bertz CT molecular complexity index is 912. The van der Waals surface area contributed by atoms with Gasteiger partial charge >= 0.3 is 6.01 Å². The fraction of sp³-hybridized carbons (Fsp3) is 0.300. The highest BCUT2D eigenvalue weighted by Crippen LogP contribution is 2.42. The number of aromatic nitrogens is 4. The first kappa shape index (κ1) is 17.3. The second-order valence-corrected chi connectivity index (χ2v) is 6.64. The Morgan fingerprint density at radius 2 is 1.67 bits per heavy atom. The Hall–Kier alpha value is -3.09. The number of nitrogens with zero attached hydrogens (tertiary/aromatic N) is 4. The van der Waals surface area contributed by atoms with Crippen LogP contribution in [0, 0.1) is 5.82 Å². The number of nitrogen functional groups attached to an aromatic ring is 1. The predicted molar refractivity (Wildman–Crippen MR) is 99.8 cm³/mol. The number of hydrogen-bond donors (Lipinski definition) is 1. The molecule has 0 unspecified atom stereocenters. The zero-order valence-corrected chi connectivity index (χ0v) is 14.8. The maximum atomic E-state index is 15.5. The van der Waals surface area contributed by atoms with Gasteiger partial charge in [0.25, 0.3) is 0 Å². The summed E-state index contributed by atoms with van der Waals surface area (Å²) in [5, 5.41) is 0. The SMILES string of the molecule is Nc1ncc(-c2ccc(C3CCCCC3)c(Oc3ncccn3)c2F)cn1. The molecule has 2 aromatic heterocycles. The first-order chi connectivity index (χ1) is 13.2. The van der Waals surface area contributed by atoms with Crippen molar-refractivity contribution in [1.82, 2.24) is 19.9 Å². The van der Waals surface area contributed by atoms with Gasteiger partial charge in [-0.05, 0) is 24.8 Å². The second kappa shape index (κ2) is 7.65. The predicted octanol–water partition coefficient (Wildman–Crippen LogP) is 4.49. The van der Waals surface area contributed by atoms with Crippen molar-refractivity contribution in [2.24, 2.45) is 0 Å². The summed E-state index contributed by atoms with van der Waals surface area (Å²) in [4.78, 5) is 16.1. The van der Waals surface area contributed by atoms with Crippen molar-refractivity contribution in [2.45, 2.75) is 38.0 Å². The van der Waals surface area contributed by atoms with Crippen molar-refractivity contribution in [3.63, 3.8) is 0 Å². The lowest BCUT2D eigenvalue weighted by atomic mass is 9.83. The number of rotatable bonds is 4. The van der Waals surface area contributed by atoms with Gasteiger partial charge < -0.3 is 10.5 Å². The standard InChI is InChI=1S/C20H20FN5O/c21-17-15(14-11-25-19(22)26-12-14)7-8-16(13-5-2-1-3-6-13)18(17)27-20-23-9-4-10-24-20/h4,7-13H,1-3,5-6H2,(H2,22,25,26). The van der Waals surface area contributed by atoms with Crippen LogP contribution in [0.3, 0.4) is 0 Å². The monoisotopic (exact) mass is 365 g/mol. The Morgan fingerprint density at radius 1 is 0.963 bits per heavy atom. The van der Waals surface area contributed by atoms with E-state index in [2.05, 4.69) is 19.9 Å². The van der Waals surface area contributed by atoms with E-state index < -0.39 is 5.82 Å². The largest absolute Gasteiger partial charge is 0.421 e. The van der Waals surface area contributed by atoms with Gasteiger partial charge in [0.1, 0.15) is 0 Å². The summed E-state index contributed by atoms with van der Waals surface area (Å²) in [6.07, 6.45) is 11.7. The zero-order valence-electron chi connectivity index (χ0n) is 14.8. The molecule has 0 atom stereocenters. The lowest BCUT2D eigenvalue weighted by molar-refractivity contribution is 0.384. The van der Waals surface area contributed by atoms with Crippen molar-refractivity contribution < 1.29 is 9.13 Å². The molecule has 27 heavy (non-hydrogen) atoms. The van der Waals surface area contributed by atoms with Gasteiger partial charge in [-0.15, -0.1) is 0 Å². The van der Waals surface area contributed by atoms with E-state index in [1.807, 2.05) is 6.07 Å². The van der Waals surface area contributed by atoms with Crippen LogP contribution >= 0.6 is 0 Å². The smallest absolute Gasteiger partial charge is 0.321 e. The van der Waals surface area contributed by atoms with Gasteiger partial charge in [-0.1, -0.05) is 31.4 Å². The van der Waals surface area contributed by atoms with Crippen molar-refractivity contribution in [3.05, 3.63) is 54.4 Å². The molecule has 138 valence electrons. The number of ether oxygens (including phenoxy) is 1. The minimum atomic E-state index is -0.459. The summed E-state index contributed by atoms with van der Waals surface area (Å²) in [6.45, 7) is 0. The normalized spacial score (nSPS) is 14.9. The molecule has 0 saturated heterocycles. The third-order valence-corrected chi connectivity index (χ3v) is 4.89. The Kier molecular flexibility index (Phi) is 4.91. The molecule has 4 rings (SSSR count). The van der Waals surface area contributed by atoms with Gasteiger partial charge in [-0.25, -0.2) is 24.3 Å². The van der Waals surface area contributed by atoms with Gasteiger partial charge in [-0.3, -0.25) is 0 Å². The molecule has 1 fully saturated rings. The Balaban J connectivity index is 1.79. The maximum absolute atomic E-state index is 15.5. The van der Waals surface area contributed by atoms with Crippen LogP contribution < -0.4 is 10.5 Å². The van der Waals surface area contributed by atoms with Gasteiger partial charge in [0.05, 0.1) is 0 Å². The first-order valence-electron chi connectivity index (χ1n) is 9.07. The Labute approximate surface area is 156 Å². The molecule has 1 aliphatic rings. The van der Waals surface area contributed by atoms with Crippen molar-refractivity contribution in [1.29, 1.82) is 0 Å². The van der Waals surface area contributed by atoms with Gasteiger partial charge in [0, 0.05) is 41.5 Å². The van der Waals surface area contributed by atoms with Crippen LogP contribution in [0.5, 0.6) is 11.8 Å².